The zero-order valence-electron chi connectivity index (χ0n) is 17.2. The molecule has 0 radical (unpaired) electrons. The van der Waals surface area contributed by atoms with Crippen LogP contribution in [0.1, 0.15) is 52.1 Å². The number of hydrogen-bond donors (Lipinski definition) is 1. The predicted octanol–water partition coefficient (Wildman–Crippen LogP) is 2.30. The number of nitrogens with one attached hydrogen (secondary N) is 1. The molecule has 0 saturated carbocycles. The lowest BCUT2D eigenvalue weighted by atomic mass is 10.0. The van der Waals surface area contributed by atoms with Crippen molar-refractivity contribution < 1.29 is 4.79 Å². The molecule has 27 heavy (non-hydrogen) atoms. The first kappa shape index (κ1) is 19.9. The molecule has 0 atom stereocenters. The Morgan fingerprint density at radius 2 is 1.74 bits per heavy atom. The average Bonchev–Trinajstić information content (AvgIpc) is 2.68. The summed E-state index contributed by atoms with van der Waals surface area (Å²) in [5, 5.41) is 3.24. The molecule has 1 aromatic rings. The second-order valence-corrected chi connectivity index (χ2v) is 8.26. The number of nitrogens with zero attached hydrogens (tertiary/aromatic N) is 5. The minimum atomic E-state index is 0.0782. The molecule has 2 amide bonds. The molecular formula is C20H34N6O. The fourth-order valence-electron chi connectivity index (χ4n) is 3.77. The third kappa shape index (κ3) is 5.09. The molecule has 3 rings (SSSR count). The summed E-state index contributed by atoms with van der Waals surface area (Å²) in [5.74, 6) is 1.17. The van der Waals surface area contributed by atoms with E-state index in [1.807, 2.05) is 17.2 Å². The van der Waals surface area contributed by atoms with E-state index in [0.29, 0.717) is 31.1 Å². The number of amides is 2. The van der Waals surface area contributed by atoms with E-state index >= 15 is 0 Å². The number of carbonyl (C=O) groups excluding carboxylic acids is 1. The summed E-state index contributed by atoms with van der Waals surface area (Å²) in [5.41, 5.74) is 1.06. The van der Waals surface area contributed by atoms with Crippen molar-refractivity contribution in [2.45, 2.75) is 58.5 Å². The molecule has 2 aliphatic rings. The van der Waals surface area contributed by atoms with Gasteiger partial charge in [-0.05, 0) is 38.7 Å². The Balaban J connectivity index is 1.46. The molecule has 0 spiro atoms. The molecule has 2 fully saturated rings. The Kier molecular flexibility index (Phi) is 6.52. The molecule has 150 valence electrons. The molecule has 0 unspecified atom stereocenters. The van der Waals surface area contributed by atoms with Crippen molar-refractivity contribution in [2.75, 3.05) is 44.2 Å². The van der Waals surface area contributed by atoms with E-state index in [4.69, 9.17) is 0 Å². The molecule has 0 aromatic carbocycles. The third-order valence-corrected chi connectivity index (χ3v) is 5.69. The van der Waals surface area contributed by atoms with Crippen LogP contribution in [-0.4, -0.2) is 77.2 Å². The highest BCUT2D eigenvalue weighted by Crippen LogP contribution is 2.17. The molecular weight excluding hydrogens is 340 g/mol. The highest BCUT2D eigenvalue weighted by atomic mass is 16.2. The molecule has 2 aliphatic heterocycles. The largest absolute Gasteiger partial charge is 0.337 e. The van der Waals surface area contributed by atoms with E-state index in [2.05, 4.69) is 52.8 Å². The van der Waals surface area contributed by atoms with Crippen LogP contribution in [0.3, 0.4) is 0 Å². The second-order valence-electron chi connectivity index (χ2n) is 8.26. The van der Waals surface area contributed by atoms with Crippen molar-refractivity contribution in [1.82, 2.24) is 25.1 Å². The fourth-order valence-corrected chi connectivity index (χ4v) is 3.77. The number of piperidine rings is 1. The quantitative estimate of drug-likeness (QED) is 0.876. The zero-order valence-corrected chi connectivity index (χ0v) is 17.2. The maximum atomic E-state index is 12.6. The lowest BCUT2D eigenvalue weighted by molar-refractivity contribution is 0.151. The van der Waals surface area contributed by atoms with Gasteiger partial charge < -0.3 is 20.0 Å². The van der Waals surface area contributed by atoms with Crippen molar-refractivity contribution in [2.24, 2.45) is 0 Å². The summed E-state index contributed by atoms with van der Waals surface area (Å²) >= 11 is 0. The molecule has 2 saturated heterocycles. The lowest BCUT2D eigenvalue weighted by Crippen LogP contribution is -2.55. The van der Waals surface area contributed by atoms with Gasteiger partial charge in [0.15, 0.2) is 0 Å². The average molecular weight is 375 g/mol. The first-order valence-electron chi connectivity index (χ1n) is 10.3. The summed E-state index contributed by atoms with van der Waals surface area (Å²) in [4.78, 5) is 28.3. The van der Waals surface area contributed by atoms with Crippen LogP contribution in [0.4, 0.5) is 10.7 Å². The molecule has 1 N–H and O–H groups in total. The van der Waals surface area contributed by atoms with Crippen LogP contribution in [0, 0.1) is 0 Å². The molecule has 0 aliphatic carbocycles. The fraction of sp³-hybridized carbons (Fsp3) is 0.750. The van der Waals surface area contributed by atoms with Crippen molar-refractivity contribution in [1.29, 1.82) is 0 Å². The highest BCUT2D eigenvalue weighted by molar-refractivity contribution is 5.74. The van der Waals surface area contributed by atoms with E-state index in [-0.39, 0.29) is 6.03 Å². The van der Waals surface area contributed by atoms with Gasteiger partial charge in [0.25, 0.3) is 0 Å². The van der Waals surface area contributed by atoms with Crippen molar-refractivity contribution in [3.8, 4) is 0 Å². The zero-order chi connectivity index (χ0) is 19.4. The van der Waals surface area contributed by atoms with Gasteiger partial charge in [-0.2, -0.15) is 0 Å². The Morgan fingerprint density at radius 1 is 1.07 bits per heavy atom. The van der Waals surface area contributed by atoms with Gasteiger partial charge in [-0.25, -0.2) is 14.8 Å². The topological polar surface area (TPSA) is 64.6 Å². The molecule has 1 aromatic heterocycles. The van der Waals surface area contributed by atoms with Crippen LogP contribution in [0.15, 0.2) is 12.3 Å². The highest BCUT2D eigenvalue weighted by Gasteiger charge is 2.26. The smallest absolute Gasteiger partial charge is 0.317 e. The van der Waals surface area contributed by atoms with E-state index in [9.17, 15) is 4.79 Å². The number of likely N-dealkylation sites (tertiary alicyclic amines) is 1. The number of carbonyl (C=O) groups is 1. The van der Waals surface area contributed by atoms with Crippen LogP contribution in [0.5, 0.6) is 0 Å². The van der Waals surface area contributed by atoms with Crippen molar-refractivity contribution in [3.05, 3.63) is 18.0 Å². The third-order valence-electron chi connectivity index (χ3n) is 5.69. The van der Waals surface area contributed by atoms with Gasteiger partial charge in [-0.15, -0.1) is 0 Å². The Labute approximate surface area is 163 Å². The number of rotatable bonds is 4. The number of aromatic nitrogens is 2. The van der Waals surface area contributed by atoms with Crippen molar-refractivity contribution in [3.63, 3.8) is 0 Å². The van der Waals surface area contributed by atoms with Crippen LogP contribution in [0.25, 0.3) is 0 Å². The maximum absolute atomic E-state index is 12.6. The molecule has 3 heterocycles. The summed E-state index contributed by atoms with van der Waals surface area (Å²) in [6.07, 6.45) is 3.92. The number of piperazine rings is 1. The number of hydrogen-bond acceptors (Lipinski definition) is 5. The summed E-state index contributed by atoms with van der Waals surface area (Å²) < 4.78 is 0. The second kappa shape index (κ2) is 8.87. The van der Waals surface area contributed by atoms with E-state index in [0.717, 1.165) is 50.7 Å². The Bertz CT molecular complexity index is 619. The number of anilines is 1. The number of urea groups is 1. The SMILES string of the molecule is CC(C)c1ccnc(N2CCN(C(=O)NC3CCN(C(C)C)CC3)CC2)n1. The first-order valence-corrected chi connectivity index (χ1v) is 10.3. The minimum absolute atomic E-state index is 0.0782. The van der Waals surface area contributed by atoms with Gasteiger partial charge in [0.2, 0.25) is 5.95 Å². The van der Waals surface area contributed by atoms with E-state index in [1.54, 1.807) is 0 Å². The van der Waals surface area contributed by atoms with Gasteiger partial charge in [0, 0.05) is 63.2 Å². The standard InChI is InChI=1S/C20H34N6O/c1-15(2)18-5-8-21-19(23-18)25-11-13-26(14-12-25)20(27)22-17-6-9-24(10-7-17)16(3)4/h5,8,15-17H,6-7,9-14H2,1-4H3,(H,22,27). The van der Waals surface area contributed by atoms with E-state index in [1.165, 1.54) is 0 Å². The lowest BCUT2D eigenvalue weighted by Gasteiger charge is -2.38. The normalized spacial score (nSPS) is 19.8. The Hall–Kier alpha value is -1.89. The summed E-state index contributed by atoms with van der Waals surface area (Å²) in [6.45, 7) is 13.9. The van der Waals surface area contributed by atoms with Gasteiger partial charge in [-0.1, -0.05) is 13.8 Å². The summed E-state index contributed by atoms with van der Waals surface area (Å²) in [6, 6.07) is 2.94. The van der Waals surface area contributed by atoms with Gasteiger partial charge >= 0.3 is 6.03 Å². The van der Waals surface area contributed by atoms with Crippen LogP contribution in [-0.2, 0) is 0 Å². The van der Waals surface area contributed by atoms with Crippen LogP contribution in [0.2, 0.25) is 0 Å². The predicted molar refractivity (Wildman–Crippen MR) is 108 cm³/mol. The van der Waals surface area contributed by atoms with Crippen LogP contribution < -0.4 is 10.2 Å². The summed E-state index contributed by atoms with van der Waals surface area (Å²) in [7, 11) is 0. The first-order chi connectivity index (χ1) is 12.9. The van der Waals surface area contributed by atoms with Gasteiger partial charge in [-0.3, -0.25) is 0 Å². The minimum Gasteiger partial charge on any atom is -0.337 e. The molecule has 7 nitrogen and oxygen atoms in total. The maximum Gasteiger partial charge on any atom is 0.317 e. The van der Waals surface area contributed by atoms with Gasteiger partial charge in [0.1, 0.15) is 0 Å². The van der Waals surface area contributed by atoms with Crippen molar-refractivity contribution >= 4 is 12.0 Å². The molecule has 7 heteroatoms. The van der Waals surface area contributed by atoms with Crippen LogP contribution >= 0.6 is 0 Å². The van der Waals surface area contributed by atoms with Gasteiger partial charge in [0.05, 0.1) is 0 Å². The molecule has 0 bridgehead atoms. The monoisotopic (exact) mass is 374 g/mol. The Morgan fingerprint density at radius 3 is 2.33 bits per heavy atom. The van der Waals surface area contributed by atoms with E-state index < -0.39 is 0 Å².